The van der Waals surface area contributed by atoms with Gasteiger partial charge in [-0.05, 0) is 25.5 Å². The number of unbranched alkanes of at least 4 members (excludes halogenated alkanes) is 1. The summed E-state index contributed by atoms with van der Waals surface area (Å²) in [5.74, 6) is 0.574. The van der Waals surface area contributed by atoms with Gasteiger partial charge >= 0.3 is 0 Å². The van der Waals surface area contributed by atoms with Gasteiger partial charge in [-0.1, -0.05) is 13.3 Å². The Morgan fingerprint density at radius 3 is 3.00 bits per heavy atom. The largest absolute Gasteiger partial charge is 0.493 e. The van der Waals surface area contributed by atoms with Crippen molar-refractivity contribution in [3.8, 4) is 5.75 Å². The number of fused-ring (bicyclic) bond motifs is 1. The van der Waals surface area contributed by atoms with Crippen molar-refractivity contribution < 1.29 is 9.53 Å². The molecule has 0 atom stereocenters. The third-order valence-electron chi connectivity index (χ3n) is 3.04. The molecule has 0 saturated heterocycles. The molecule has 0 aliphatic heterocycles. The summed E-state index contributed by atoms with van der Waals surface area (Å²) < 4.78 is 7.03. The van der Waals surface area contributed by atoms with Crippen molar-refractivity contribution in [1.29, 1.82) is 0 Å². The average molecular weight is 261 g/mol. The van der Waals surface area contributed by atoms with Crippen LogP contribution in [0.4, 0.5) is 0 Å². The fraction of sp³-hybridized carbons (Fsp3) is 0.429. The van der Waals surface area contributed by atoms with E-state index in [1.54, 1.807) is 11.5 Å². The molecule has 5 heteroatoms. The highest BCUT2D eigenvalue weighted by molar-refractivity contribution is 5.94. The molecule has 0 aromatic carbocycles. The van der Waals surface area contributed by atoms with Crippen LogP contribution in [0.15, 0.2) is 18.3 Å². The molecule has 0 bridgehead atoms. The number of methoxy groups -OCH3 is 1. The summed E-state index contributed by atoms with van der Waals surface area (Å²) in [5, 5.41) is 2.92. The van der Waals surface area contributed by atoms with E-state index in [2.05, 4.69) is 17.2 Å². The highest BCUT2D eigenvalue weighted by Crippen LogP contribution is 2.21. The Balaban J connectivity index is 2.37. The molecule has 0 spiro atoms. The van der Waals surface area contributed by atoms with Gasteiger partial charge in [0, 0.05) is 12.7 Å². The second-order valence-electron chi connectivity index (χ2n) is 4.43. The molecule has 2 heterocycles. The van der Waals surface area contributed by atoms with E-state index in [9.17, 15) is 4.79 Å². The Hall–Kier alpha value is -2.04. The number of carbonyl (C=O) groups excluding carboxylic acids is 1. The minimum absolute atomic E-state index is 0.0910. The van der Waals surface area contributed by atoms with Gasteiger partial charge < -0.3 is 10.1 Å². The van der Waals surface area contributed by atoms with Crippen LogP contribution in [-0.4, -0.2) is 28.9 Å². The molecule has 0 unspecified atom stereocenters. The quantitative estimate of drug-likeness (QED) is 0.839. The predicted octanol–water partition coefficient (Wildman–Crippen LogP) is 2.18. The first-order valence-corrected chi connectivity index (χ1v) is 6.49. The molecule has 5 nitrogen and oxygen atoms in total. The summed E-state index contributed by atoms with van der Waals surface area (Å²) in [6.07, 6.45) is 3.86. The number of hydrogen-bond acceptors (Lipinski definition) is 3. The van der Waals surface area contributed by atoms with Crippen molar-refractivity contribution in [1.82, 2.24) is 14.7 Å². The summed E-state index contributed by atoms with van der Waals surface area (Å²) in [5.41, 5.74) is 1.95. The van der Waals surface area contributed by atoms with Crippen LogP contribution < -0.4 is 10.1 Å². The number of aromatic nitrogens is 2. The van der Waals surface area contributed by atoms with Crippen molar-refractivity contribution >= 4 is 11.6 Å². The van der Waals surface area contributed by atoms with Crippen LogP contribution in [0.1, 0.15) is 35.9 Å². The Labute approximate surface area is 112 Å². The number of ether oxygens (including phenoxy) is 1. The normalized spacial score (nSPS) is 10.7. The summed E-state index contributed by atoms with van der Waals surface area (Å²) in [4.78, 5) is 16.6. The van der Waals surface area contributed by atoms with Gasteiger partial charge in [0.1, 0.15) is 5.69 Å². The third-order valence-corrected chi connectivity index (χ3v) is 3.04. The lowest BCUT2D eigenvalue weighted by Gasteiger charge is -2.06. The molecule has 2 aromatic rings. The minimum atomic E-state index is -0.0910. The van der Waals surface area contributed by atoms with E-state index < -0.39 is 0 Å². The monoisotopic (exact) mass is 261 g/mol. The average Bonchev–Trinajstić information content (AvgIpc) is 2.74. The van der Waals surface area contributed by atoms with Gasteiger partial charge in [-0.15, -0.1) is 0 Å². The van der Waals surface area contributed by atoms with Crippen molar-refractivity contribution in [3.63, 3.8) is 0 Å². The highest BCUT2D eigenvalue weighted by atomic mass is 16.5. The zero-order chi connectivity index (χ0) is 13.8. The van der Waals surface area contributed by atoms with E-state index in [4.69, 9.17) is 4.74 Å². The highest BCUT2D eigenvalue weighted by Gasteiger charge is 2.17. The Morgan fingerprint density at radius 2 is 2.32 bits per heavy atom. The smallest absolute Gasteiger partial charge is 0.270 e. The number of amides is 1. The zero-order valence-corrected chi connectivity index (χ0v) is 11.6. The van der Waals surface area contributed by atoms with Gasteiger partial charge in [0.25, 0.3) is 5.91 Å². The van der Waals surface area contributed by atoms with Crippen LogP contribution >= 0.6 is 0 Å². The standard InChI is InChI=1S/C14H19N3O2/c1-4-5-8-15-14(18)12-10(2)16-13-11(19-3)7-6-9-17(12)13/h6-7,9H,4-5,8H2,1-3H3,(H,15,18). The molecule has 19 heavy (non-hydrogen) atoms. The van der Waals surface area contributed by atoms with E-state index in [0.717, 1.165) is 12.8 Å². The van der Waals surface area contributed by atoms with E-state index >= 15 is 0 Å². The Bertz CT molecular complexity index is 590. The zero-order valence-electron chi connectivity index (χ0n) is 11.6. The van der Waals surface area contributed by atoms with Crippen molar-refractivity contribution in [2.75, 3.05) is 13.7 Å². The number of pyridine rings is 1. The summed E-state index contributed by atoms with van der Waals surface area (Å²) in [6.45, 7) is 4.61. The van der Waals surface area contributed by atoms with Gasteiger partial charge in [0.2, 0.25) is 0 Å². The van der Waals surface area contributed by atoms with Crippen molar-refractivity contribution in [2.45, 2.75) is 26.7 Å². The van der Waals surface area contributed by atoms with Gasteiger partial charge in [0.15, 0.2) is 11.4 Å². The Kier molecular flexibility index (Phi) is 4.04. The predicted molar refractivity (Wildman–Crippen MR) is 73.7 cm³/mol. The maximum Gasteiger partial charge on any atom is 0.270 e. The number of nitrogens with one attached hydrogen (secondary N) is 1. The number of hydrogen-bond donors (Lipinski definition) is 1. The van der Waals surface area contributed by atoms with E-state index in [-0.39, 0.29) is 5.91 Å². The number of rotatable bonds is 5. The summed E-state index contributed by atoms with van der Waals surface area (Å²) in [7, 11) is 1.60. The molecular formula is C14H19N3O2. The fourth-order valence-electron chi connectivity index (χ4n) is 2.05. The van der Waals surface area contributed by atoms with Crippen LogP contribution in [0.25, 0.3) is 5.65 Å². The molecule has 0 aliphatic rings. The molecule has 2 rings (SSSR count). The minimum Gasteiger partial charge on any atom is -0.493 e. The number of nitrogens with zero attached hydrogens (tertiary/aromatic N) is 2. The maximum atomic E-state index is 12.2. The molecule has 1 N–H and O–H groups in total. The van der Waals surface area contributed by atoms with Crippen LogP contribution in [0.2, 0.25) is 0 Å². The first-order chi connectivity index (χ1) is 9.19. The topological polar surface area (TPSA) is 55.6 Å². The van der Waals surface area contributed by atoms with E-state index in [0.29, 0.717) is 29.3 Å². The molecule has 2 aromatic heterocycles. The third kappa shape index (κ3) is 2.54. The SMILES string of the molecule is CCCCNC(=O)c1c(C)nc2c(OC)cccn12. The van der Waals surface area contributed by atoms with Crippen LogP contribution in [0, 0.1) is 6.92 Å². The van der Waals surface area contributed by atoms with Gasteiger partial charge in [-0.2, -0.15) is 0 Å². The van der Waals surface area contributed by atoms with Gasteiger partial charge in [-0.3, -0.25) is 9.20 Å². The first-order valence-electron chi connectivity index (χ1n) is 6.49. The number of aryl methyl sites for hydroxylation is 1. The van der Waals surface area contributed by atoms with Crippen LogP contribution in [0.5, 0.6) is 5.75 Å². The molecule has 1 amide bonds. The maximum absolute atomic E-state index is 12.2. The molecular weight excluding hydrogens is 242 g/mol. The lowest BCUT2D eigenvalue weighted by Crippen LogP contribution is -2.26. The first kappa shape index (κ1) is 13.4. The number of carbonyl (C=O) groups is 1. The van der Waals surface area contributed by atoms with Crippen molar-refractivity contribution in [2.24, 2.45) is 0 Å². The molecule has 0 fully saturated rings. The molecule has 102 valence electrons. The second kappa shape index (κ2) is 5.73. The second-order valence-corrected chi connectivity index (χ2v) is 4.43. The van der Waals surface area contributed by atoms with Crippen LogP contribution in [0.3, 0.4) is 0 Å². The van der Waals surface area contributed by atoms with E-state index in [1.165, 1.54) is 0 Å². The molecule has 0 saturated carbocycles. The lowest BCUT2D eigenvalue weighted by molar-refractivity contribution is 0.0946. The van der Waals surface area contributed by atoms with Gasteiger partial charge in [0.05, 0.1) is 12.8 Å². The fourth-order valence-corrected chi connectivity index (χ4v) is 2.05. The summed E-state index contributed by atoms with van der Waals surface area (Å²) >= 11 is 0. The van der Waals surface area contributed by atoms with Gasteiger partial charge in [-0.25, -0.2) is 4.98 Å². The summed E-state index contributed by atoms with van der Waals surface area (Å²) in [6, 6.07) is 3.68. The van der Waals surface area contributed by atoms with E-state index in [1.807, 2.05) is 25.3 Å². The lowest BCUT2D eigenvalue weighted by atomic mass is 10.3. The Morgan fingerprint density at radius 1 is 1.53 bits per heavy atom. The van der Waals surface area contributed by atoms with Crippen molar-refractivity contribution in [3.05, 3.63) is 29.7 Å². The van der Waals surface area contributed by atoms with Crippen LogP contribution in [-0.2, 0) is 0 Å². The number of imidazole rings is 1. The molecule has 0 aliphatic carbocycles. The molecule has 0 radical (unpaired) electrons.